The Kier molecular flexibility index (Phi) is 5.73. The first-order chi connectivity index (χ1) is 14.0. The van der Waals surface area contributed by atoms with Crippen LogP contribution in [0.5, 0.6) is 5.75 Å². The molecule has 1 heterocycles. The van der Waals surface area contributed by atoms with Crippen LogP contribution in [-0.4, -0.2) is 17.5 Å². The Morgan fingerprint density at radius 1 is 1.17 bits per heavy atom. The number of nitrogens with one attached hydrogen (secondary N) is 1. The minimum absolute atomic E-state index is 0.0797. The van der Waals surface area contributed by atoms with Gasteiger partial charge in [-0.05, 0) is 83.6 Å². The zero-order valence-electron chi connectivity index (χ0n) is 15.4. The average Bonchev–Trinajstić information content (AvgIpc) is 3.11. The molecule has 1 aromatic heterocycles. The van der Waals surface area contributed by atoms with Crippen molar-refractivity contribution in [3.63, 3.8) is 0 Å². The molecule has 1 N–H and O–H groups in total. The maximum atomic E-state index is 12.2. The van der Waals surface area contributed by atoms with Crippen LogP contribution in [0, 0.1) is 10.5 Å². The lowest BCUT2D eigenvalue weighted by molar-refractivity contribution is -0.118. The Bertz CT molecular complexity index is 1210. The molecule has 0 aliphatic heterocycles. The maximum absolute atomic E-state index is 12.2. The summed E-state index contributed by atoms with van der Waals surface area (Å²) in [5.74, 6) is 0.844. The molecule has 0 unspecified atom stereocenters. The molecule has 0 aliphatic rings. The van der Waals surface area contributed by atoms with E-state index in [4.69, 9.17) is 20.8 Å². The molecule has 0 saturated carbocycles. The van der Waals surface area contributed by atoms with E-state index in [1.165, 1.54) is 0 Å². The minimum atomic E-state index is -0.254. The van der Waals surface area contributed by atoms with Gasteiger partial charge in [-0.1, -0.05) is 23.7 Å². The Morgan fingerprint density at radius 3 is 2.86 bits per heavy atom. The summed E-state index contributed by atoms with van der Waals surface area (Å²) in [6.07, 6.45) is 0. The highest BCUT2D eigenvalue weighted by Gasteiger charge is 2.13. The highest BCUT2D eigenvalue weighted by atomic mass is 127. The molecule has 4 rings (SSSR count). The number of carbonyl (C=O) groups excluding carboxylic acids is 1. The van der Waals surface area contributed by atoms with Gasteiger partial charge < -0.3 is 14.5 Å². The highest BCUT2D eigenvalue weighted by molar-refractivity contribution is 14.1. The van der Waals surface area contributed by atoms with Crippen molar-refractivity contribution in [3.05, 3.63) is 74.8 Å². The molecular weight excluding hydrogens is 503 g/mol. The van der Waals surface area contributed by atoms with Crippen LogP contribution in [-0.2, 0) is 4.79 Å². The Balaban J connectivity index is 1.48. The largest absolute Gasteiger partial charge is 0.484 e. The first-order valence-electron chi connectivity index (χ1n) is 8.83. The number of carbonyl (C=O) groups is 1. The quantitative estimate of drug-likeness (QED) is 0.325. The van der Waals surface area contributed by atoms with Gasteiger partial charge in [-0.3, -0.25) is 4.79 Å². The van der Waals surface area contributed by atoms with E-state index >= 15 is 0 Å². The molecule has 0 aliphatic carbocycles. The van der Waals surface area contributed by atoms with Crippen LogP contribution in [0.25, 0.3) is 22.6 Å². The van der Waals surface area contributed by atoms with E-state index in [0.717, 1.165) is 14.7 Å². The number of nitrogens with zero attached hydrogens (tertiary/aromatic N) is 1. The van der Waals surface area contributed by atoms with Crippen LogP contribution >= 0.6 is 34.2 Å². The molecule has 0 radical (unpaired) electrons. The molecule has 0 spiro atoms. The van der Waals surface area contributed by atoms with Gasteiger partial charge in [0.25, 0.3) is 5.91 Å². The summed E-state index contributed by atoms with van der Waals surface area (Å²) in [7, 11) is 0. The minimum Gasteiger partial charge on any atom is -0.484 e. The summed E-state index contributed by atoms with van der Waals surface area (Å²) in [4.78, 5) is 16.7. The number of aryl methyl sites for hydroxylation is 1. The van der Waals surface area contributed by atoms with Gasteiger partial charge in [0, 0.05) is 9.26 Å². The Labute approximate surface area is 186 Å². The van der Waals surface area contributed by atoms with E-state index in [9.17, 15) is 4.79 Å². The number of aromatic nitrogens is 1. The first-order valence-corrected chi connectivity index (χ1v) is 10.3. The van der Waals surface area contributed by atoms with Crippen molar-refractivity contribution in [2.45, 2.75) is 6.92 Å². The van der Waals surface area contributed by atoms with E-state index in [-0.39, 0.29) is 12.5 Å². The van der Waals surface area contributed by atoms with Gasteiger partial charge in [0.05, 0.1) is 10.6 Å². The Morgan fingerprint density at radius 2 is 2.03 bits per heavy atom. The van der Waals surface area contributed by atoms with Gasteiger partial charge in [-0.25, -0.2) is 4.98 Å². The predicted octanol–water partition coefficient (Wildman–Crippen LogP) is 6.08. The van der Waals surface area contributed by atoms with E-state index in [0.29, 0.717) is 33.4 Å². The number of anilines is 1. The standard InChI is InChI=1S/C22H16ClIN2O3/c1-13-3-2-4-16(9-13)28-12-21(27)25-15-6-8-20-19(11-15)26-22(29-20)17-10-14(24)5-7-18(17)23/h2-11H,12H2,1H3,(H,25,27). The zero-order valence-corrected chi connectivity index (χ0v) is 18.3. The third kappa shape index (κ3) is 4.71. The van der Waals surface area contributed by atoms with Crippen LogP contribution in [0.2, 0.25) is 5.02 Å². The number of oxazole rings is 1. The van der Waals surface area contributed by atoms with E-state index in [1.807, 2.05) is 49.4 Å². The van der Waals surface area contributed by atoms with Crippen molar-refractivity contribution in [2.24, 2.45) is 0 Å². The molecule has 146 valence electrons. The normalized spacial score (nSPS) is 10.9. The predicted molar refractivity (Wildman–Crippen MR) is 122 cm³/mol. The second-order valence-corrected chi connectivity index (χ2v) is 8.13. The number of halogens is 2. The summed E-state index contributed by atoms with van der Waals surface area (Å²) in [5, 5.41) is 3.38. The molecule has 0 fully saturated rings. The molecule has 0 atom stereocenters. The Hall–Kier alpha value is -2.58. The summed E-state index contributed by atoms with van der Waals surface area (Å²) in [6.45, 7) is 1.89. The van der Waals surface area contributed by atoms with Crippen LogP contribution < -0.4 is 10.1 Å². The van der Waals surface area contributed by atoms with Crippen molar-refractivity contribution in [1.82, 2.24) is 4.98 Å². The van der Waals surface area contributed by atoms with Gasteiger partial charge in [-0.2, -0.15) is 0 Å². The summed E-state index contributed by atoms with van der Waals surface area (Å²) < 4.78 is 12.4. The number of benzene rings is 3. The van der Waals surface area contributed by atoms with Crippen molar-refractivity contribution in [1.29, 1.82) is 0 Å². The zero-order chi connectivity index (χ0) is 20.4. The summed E-state index contributed by atoms with van der Waals surface area (Å²) >= 11 is 8.49. The lowest BCUT2D eigenvalue weighted by Gasteiger charge is -2.08. The van der Waals surface area contributed by atoms with Crippen LogP contribution in [0.15, 0.2) is 65.1 Å². The fourth-order valence-corrected chi connectivity index (χ4v) is 3.52. The van der Waals surface area contributed by atoms with Crippen LogP contribution in [0.1, 0.15) is 5.56 Å². The molecule has 7 heteroatoms. The van der Waals surface area contributed by atoms with Crippen molar-refractivity contribution >= 4 is 56.9 Å². The molecule has 4 aromatic rings. The molecule has 5 nitrogen and oxygen atoms in total. The molecule has 0 bridgehead atoms. The third-order valence-electron chi connectivity index (χ3n) is 4.19. The second-order valence-electron chi connectivity index (χ2n) is 6.48. The number of hydrogen-bond acceptors (Lipinski definition) is 4. The maximum Gasteiger partial charge on any atom is 0.262 e. The smallest absolute Gasteiger partial charge is 0.262 e. The molecule has 0 saturated heterocycles. The van der Waals surface area contributed by atoms with Crippen LogP contribution in [0.3, 0.4) is 0 Å². The van der Waals surface area contributed by atoms with Gasteiger partial charge in [0.2, 0.25) is 5.89 Å². The van der Waals surface area contributed by atoms with Gasteiger partial charge in [0.15, 0.2) is 12.2 Å². The monoisotopic (exact) mass is 518 g/mol. The topological polar surface area (TPSA) is 64.4 Å². The van der Waals surface area contributed by atoms with E-state index in [1.54, 1.807) is 18.2 Å². The average molecular weight is 519 g/mol. The second kappa shape index (κ2) is 8.42. The first kappa shape index (κ1) is 19.7. The van der Waals surface area contributed by atoms with Crippen molar-refractivity contribution < 1.29 is 13.9 Å². The van der Waals surface area contributed by atoms with Crippen LogP contribution in [0.4, 0.5) is 5.69 Å². The third-order valence-corrected chi connectivity index (χ3v) is 5.19. The van der Waals surface area contributed by atoms with E-state index in [2.05, 4.69) is 32.9 Å². The number of ether oxygens (including phenoxy) is 1. The molecule has 1 amide bonds. The SMILES string of the molecule is Cc1cccc(OCC(=O)Nc2ccc3oc(-c4cc(I)ccc4Cl)nc3c2)c1. The number of fused-ring (bicyclic) bond motifs is 1. The number of amides is 1. The highest BCUT2D eigenvalue weighted by Crippen LogP contribution is 2.32. The number of rotatable bonds is 5. The van der Waals surface area contributed by atoms with Gasteiger partial charge in [0.1, 0.15) is 11.3 Å². The fourth-order valence-electron chi connectivity index (χ4n) is 2.83. The fraction of sp³-hybridized carbons (Fsp3) is 0.0909. The molecular formula is C22H16ClIN2O3. The van der Waals surface area contributed by atoms with Crippen molar-refractivity contribution in [2.75, 3.05) is 11.9 Å². The van der Waals surface area contributed by atoms with E-state index < -0.39 is 0 Å². The van der Waals surface area contributed by atoms with Crippen molar-refractivity contribution in [3.8, 4) is 17.2 Å². The summed E-state index contributed by atoms with van der Waals surface area (Å²) in [5.41, 5.74) is 3.66. The number of hydrogen-bond donors (Lipinski definition) is 1. The summed E-state index contributed by atoms with van der Waals surface area (Å²) in [6, 6.07) is 18.5. The lowest BCUT2D eigenvalue weighted by Crippen LogP contribution is -2.20. The molecule has 3 aromatic carbocycles. The van der Waals surface area contributed by atoms with Gasteiger partial charge in [-0.15, -0.1) is 0 Å². The molecule has 29 heavy (non-hydrogen) atoms. The lowest BCUT2D eigenvalue weighted by atomic mass is 10.2. The van der Waals surface area contributed by atoms with Gasteiger partial charge >= 0.3 is 0 Å².